The summed E-state index contributed by atoms with van der Waals surface area (Å²) in [6.45, 7) is 19.9. The maximum absolute atomic E-state index is 12.2. The van der Waals surface area contributed by atoms with Crippen LogP contribution in [0, 0.1) is 41.4 Å². The van der Waals surface area contributed by atoms with Crippen molar-refractivity contribution in [3.63, 3.8) is 0 Å². The number of fused-ring (bicyclic) bond motifs is 7. The average Bonchev–Trinajstić information content (AvgIpc) is 3.70. The third-order valence-electron chi connectivity index (χ3n) is 11.6. The molecule has 5 aliphatic carbocycles. The number of hydrogen-bond donors (Lipinski definition) is 0. The lowest BCUT2D eigenvalue weighted by molar-refractivity contribution is -0.164. The maximum Gasteiger partial charge on any atom is 0.317 e. The van der Waals surface area contributed by atoms with Crippen LogP contribution in [0.1, 0.15) is 84.5 Å². The SMILES string of the molecule is CC1(OC(=O)C2CC3CCC2C3)CCCC1.CC[Si](C)(C)C[Si](C)(C)C[SiH](C)C.O=C1OC(=O)C2C3CCC(C3)C12. The third-order valence-corrected chi connectivity index (χ3v) is 28.8. The summed E-state index contributed by atoms with van der Waals surface area (Å²) in [5.41, 5.74) is 3.18. The van der Waals surface area contributed by atoms with Gasteiger partial charge >= 0.3 is 17.9 Å². The Hall–Kier alpha value is -0.739. The monoisotopic (exact) mass is 620 g/mol. The standard InChI is InChI=1S/C14H22O2.C10H28Si3.C9H10O3/c1-14(6-2-3-7-14)16-13(15)12-9-10-4-5-11(12)8-10;1-8-12(4,5)10-13(6,7)9-11(2)3;10-8-6-4-1-2-5(3-4)7(6)9(11)12-8/h10-12H,2-9H2,1H3;11H,8-10H2,1-7H3;4-7H,1-3H2. The topological polar surface area (TPSA) is 69.7 Å². The molecule has 41 heavy (non-hydrogen) atoms. The minimum Gasteiger partial charge on any atom is -0.459 e. The molecular formula is C33H60O5Si3. The van der Waals surface area contributed by atoms with Crippen molar-refractivity contribution < 1.29 is 23.9 Å². The number of esters is 3. The Balaban J connectivity index is 0.000000144. The lowest BCUT2D eigenvalue weighted by Crippen LogP contribution is -2.41. The molecule has 7 atom stereocenters. The zero-order chi connectivity index (χ0) is 30.2. The molecule has 6 aliphatic rings. The fourth-order valence-electron chi connectivity index (χ4n) is 9.88. The van der Waals surface area contributed by atoms with Gasteiger partial charge in [0.25, 0.3) is 0 Å². The Bertz CT molecular complexity index is 931. The van der Waals surface area contributed by atoms with E-state index < -0.39 is 16.1 Å². The van der Waals surface area contributed by atoms with Crippen LogP contribution in [0.4, 0.5) is 0 Å². The van der Waals surface area contributed by atoms with Crippen molar-refractivity contribution in [2.45, 2.75) is 147 Å². The summed E-state index contributed by atoms with van der Waals surface area (Å²) < 4.78 is 10.4. The Kier molecular flexibility index (Phi) is 10.6. The van der Waals surface area contributed by atoms with Crippen LogP contribution < -0.4 is 0 Å². The van der Waals surface area contributed by atoms with E-state index in [1.165, 1.54) is 38.1 Å². The van der Waals surface area contributed by atoms with Gasteiger partial charge in [-0.1, -0.05) is 70.0 Å². The van der Waals surface area contributed by atoms with E-state index in [9.17, 15) is 14.4 Å². The van der Waals surface area contributed by atoms with Crippen LogP contribution in [-0.4, -0.2) is 48.5 Å². The summed E-state index contributed by atoms with van der Waals surface area (Å²) in [6, 6.07) is 1.48. The Morgan fingerprint density at radius 1 is 0.878 bits per heavy atom. The van der Waals surface area contributed by atoms with Crippen molar-refractivity contribution in [2.24, 2.45) is 41.4 Å². The van der Waals surface area contributed by atoms with Crippen molar-refractivity contribution in [3.05, 3.63) is 0 Å². The highest BCUT2D eigenvalue weighted by Crippen LogP contribution is 2.55. The number of carbonyl (C=O) groups excluding carboxylic acids is 3. The number of hydrogen-bond acceptors (Lipinski definition) is 5. The Labute approximate surface area is 254 Å². The lowest BCUT2D eigenvalue weighted by Gasteiger charge is -2.32. The highest BCUT2D eigenvalue weighted by Gasteiger charge is 2.59. The first-order valence-corrected chi connectivity index (χ1v) is 27.1. The van der Waals surface area contributed by atoms with Crippen LogP contribution in [0.25, 0.3) is 0 Å². The highest BCUT2D eigenvalue weighted by molar-refractivity contribution is 6.99. The van der Waals surface area contributed by atoms with Crippen molar-refractivity contribution in [1.29, 1.82) is 0 Å². The molecule has 0 amide bonds. The predicted molar refractivity (Wildman–Crippen MR) is 175 cm³/mol. The third kappa shape index (κ3) is 8.25. The summed E-state index contributed by atoms with van der Waals surface area (Å²) in [6.07, 6.45) is 12.9. The summed E-state index contributed by atoms with van der Waals surface area (Å²) in [7, 11) is -1.91. The molecule has 4 bridgehead atoms. The lowest BCUT2D eigenvalue weighted by atomic mass is 9.81. The Morgan fingerprint density at radius 2 is 1.44 bits per heavy atom. The quantitative estimate of drug-likeness (QED) is 0.164. The molecule has 0 aromatic carbocycles. The van der Waals surface area contributed by atoms with E-state index >= 15 is 0 Å². The molecule has 5 saturated carbocycles. The van der Waals surface area contributed by atoms with Crippen LogP contribution >= 0.6 is 0 Å². The molecule has 1 saturated heterocycles. The van der Waals surface area contributed by atoms with Crippen LogP contribution in [0.3, 0.4) is 0 Å². The molecule has 6 rings (SSSR count). The molecule has 0 aromatic heterocycles. The van der Waals surface area contributed by atoms with Crippen molar-refractivity contribution in [2.75, 3.05) is 0 Å². The van der Waals surface area contributed by atoms with Gasteiger partial charge in [0.2, 0.25) is 0 Å². The van der Waals surface area contributed by atoms with E-state index in [1.807, 2.05) is 0 Å². The molecule has 7 unspecified atom stereocenters. The number of cyclic esters (lactones) is 2. The molecule has 8 heteroatoms. The van der Waals surface area contributed by atoms with Gasteiger partial charge in [-0.05, 0) is 94.8 Å². The minimum absolute atomic E-state index is 0.0590. The average molecular weight is 621 g/mol. The molecule has 5 nitrogen and oxygen atoms in total. The zero-order valence-corrected chi connectivity index (χ0v) is 30.7. The number of ether oxygens (including phenoxy) is 2. The van der Waals surface area contributed by atoms with E-state index in [4.69, 9.17) is 4.74 Å². The summed E-state index contributed by atoms with van der Waals surface area (Å²) >= 11 is 0. The Morgan fingerprint density at radius 3 is 1.90 bits per heavy atom. The number of carbonyl (C=O) groups is 3. The second-order valence-corrected chi connectivity index (χ2v) is 32.1. The predicted octanol–water partition coefficient (Wildman–Crippen LogP) is 8.02. The van der Waals surface area contributed by atoms with Crippen LogP contribution in [0.5, 0.6) is 0 Å². The van der Waals surface area contributed by atoms with Gasteiger partial charge in [-0.3, -0.25) is 14.4 Å². The summed E-state index contributed by atoms with van der Waals surface area (Å²) in [4.78, 5) is 34.6. The van der Waals surface area contributed by atoms with E-state index in [2.05, 4.69) is 57.9 Å². The molecular weight excluding hydrogens is 561 g/mol. The zero-order valence-electron chi connectivity index (χ0n) is 27.6. The summed E-state index contributed by atoms with van der Waals surface area (Å²) in [5.74, 6) is 2.15. The van der Waals surface area contributed by atoms with Gasteiger partial charge in [0.1, 0.15) is 5.60 Å². The molecule has 0 radical (unpaired) electrons. The smallest absolute Gasteiger partial charge is 0.317 e. The number of rotatable bonds is 7. The largest absolute Gasteiger partial charge is 0.459 e. The van der Waals surface area contributed by atoms with Crippen LogP contribution in [-0.2, 0) is 23.9 Å². The van der Waals surface area contributed by atoms with Gasteiger partial charge < -0.3 is 9.47 Å². The minimum atomic E-state index is -0.799. The molecule has 0 spiro atoms. The molecule has 0 aromatic rings. The van der Waals surface area contributed by atoms with Gasteiger partial charge in [-0.25, -0.2) is 0 Å². The highest BCUT2D eigenvalue weighted by atomic mass is 28.4. The molecule has 1 aliphatic heterocycles. The normalized spacial score (nSPS) is 34.6. The fourth-order valence-corrected chi connectivity index (χ4v) is 32.0. The maximum atomic E-state index is 12.2. The molecule has 6 fully saturated rings. The van der Waals surface area contributed by atoms with Crippen molar-refractivity contribution in [1.82, 2.24) is 0 Å². The summed E-state index contributed by atoms with van der Waals surface area (Å²) in [5, 5.41) is 0. The van der Waals surface area contributed by atoms with Crippen molar-refractivity contribution in [3.8, 4) is 0 Å². The van der Waals surface area contributed by atoms with Gasteiger partial charge in [-0.2, -0.15) is 0 Å². The first-order valence-electron chi connectivity index (χ1n) is 17.1. The van der Waals surface area contributed by atoms with Gasteiger partial charge in [0.15, 0.2) is 0 Å². The molecule has 0 N–H and O–H groups in total. The first kappa shape index (κ1) is 33.2. The van der Waals surface area contributed by atoms with Crippen LogP contribution in [0.2, 0.25) is 56.7 Å². The molecule has 1 heterocycles. The van der Waals surface area contributed by atoms with Gasteiger partial charge in [0, 0.05) is 24.9 Å². The van der Waals surface area contributed by atoms with Crippen molar-refractivity contribution >= 4 is 42.9 Å². The van der Waals surface area contributed by atoms with Gasteiger partial charge in [-0.15, -0.1) is 0 Å². The first-order chi connectivity index (χ1) is 19.1. The van der Waals surface area contributed by atoms with E-state index in [0.717, 1.165) is 44.4 Å². The van der Waals surface area contributed by atoms with E-state index in [1.54, 1.807) is 11.3 Å². The fraction of sp³-hybridized carbons (Fsp3) is 0.909. The second kappa shape index (κ2) is 13.1. The van der Waals surface area contributed by atoms with E-state index in [-0.39, 0.29) is 50.1 Å². The van der Waals surface area contributed by atoms with E-state index in [0.29, 0.717) is 17.8 Å². The van der Waals surface area contributed by atoms with Crippen LogP contribution in [0.15, 0.2) is 0 Å². The second-order valence-electron chi connectivity index (χ2n) is 16.9. The molecule has 234 valence electrons. The van der Waals surface area contributed by atoms with Gasteiger partial charge in [0.05, 0.1) is 17.8 Å².